The quantitative estimate of drug-likeness (QED) is 0.807. The summed E-state index contributed by atoms with van der Waals surface area (Å²) in [7, 11) is 0. The molecule has 0 aliphatic carbocycles. The van der Waals surface area contributed by atoms with Crippen molar-refractivity contribution in [3.05, 3.63) is 57.3 Å². The standard InChI is InChI=1S/C13H9BrClFN2O/c14-9-5-7(16)6-10(15)12(9)18-13(19)8-3-1-2-4-11(8)17/h1-6H,17H2,(H,18,19). The van der Waals surface area contributed by atoms with Crippen molar-refractivity contribution in [2.24, 2.45) is 0 Å². The molecule has 0 spiro atoms. The van der Waals surface area contributed by atoms with Gasteiger partial charge in [0, 0.05) is 10.2 Å². The van der Waals surface area contributed by atoms with Crippen LogP contribution in [0.25, 0.3) is 0 Å². The maximum absolute atomic E-state index is 13.1. The number of nitrogen functional groups attached to an aromatic ring is 1. The number of rotatable bonds is 2. The van der Waals surface area contributed by atoms with E-state index in [0.29, 0.717) is 21.4 Å². The Morgan fingerprint density at radius 1 is 1.32 bits per heavy atom. The number of benzene rings is 2. The molecule has 0 heterocycles. The fraction of sp³-hybridized carbons (Fsp3) is 0. The lowest BCUT2D eigenvalue weighted by Gasteiger charge is -2.10. The molecule has 0 aliphatic rings. The van der Waals surface area contributed by atoms with Crippen molar-refractivity contribution in [1.82, 2.24) is 0 Å². The number of hydrogen-bond donors (Lipinski definition) is 2. The third kappa shape index (κ3) is 3.05. The molecule has 0 fully saturated rings. The maximum Gasteiger partial charge on any atom is 0.257 e. The van der Waals surface area contributed by atoms with Crippen LogP contribution in [0.3, 0.4) is 0 Å². The number of carbonyl (C=O) groups excluding carboxylic acids is 1. The lowest BCUT2D eigenvalue weighted by Crippen LogP contribution is -2.14. The molecule has 0 aromatic heterocycles. The van der Waals surface area contributed by atoms with Crippen LogP contribution in [0.5, 0.6) is 0 Å². The normalized spacial score (nSPS) is 10.3. The van der Waals surface area contributed by atoms with Gasteiger partial charge in [-0.3, -0.25) is 4.79 Å². The smallest absolute Gasteiger partial charge is 0.257 e. The highest BCUT2D eigenvalue weighted by molar-refractivity contribution is 9.10. The highest BCUT2D eigenvalue weighted by Gasteiger charge is 2.14. The molecule has 19 heavy (non-hydrogen) atoms. The van der Waals surface area contributed by atoms with Crippen LogP contribution in [0.2, 0.25) is 5.02 Å². The minimum Gasteiger partial charge on any atom is -0.398 e. The molecule has 0 unspecified atom stereocenters. The van der Waals surface area contributed by atoms with Crippen LogP contribution in [0.4, 0.5) is 15.8 Å². The van der Waals surface area contributed by atoms with Gasteiger partial charge in [0.25, 0.3) is 5.91 Å². The molecular formula is C13H9BrClFN2O. The number of carbonyl (C=O) groups is 1. The molecule has 0 saturated heterocycles. The van der Waals surface area contributed by atoms with Gasteiger partial charge in [-0.05, 0) is 40.2 Å². The van der Waals surface area contributed by atoms with Gasteiger partial charge in [0.15, 0.2) is 0 Å². The van der Waals surface area contributed by atoms with Crippen LogP contribution in [-0.4, -0.2) is 5.91 Å². The molecule has 2 aromatic rings. The minimum atomic E-state index is -0.492. The largest absolute Gasteiger partial charge is 0.398 e. The van der Waals surface area contributed by atoms with E-state index in [-0.39, 0.29) is 5.02 Å². The van der Waals surface area contributed by atoms with Gasteiger partial charge in [0.05, 0.1) is 16.3 Å². The molecular weight excluding hydrogens is 335 g/mol. The summed E-state index contributed by atoms with van der Waals surface area (Å²) in [6, 6.07) is 8.98. The average Bonchev–Trinajstić information content (AvgIpc) is 2.34. The number of halogens is 3. The van der Waals surface area contributed by atoms with Gasteiger partial charge in [-0.1, -0.05) is 23.7 Å². The topological polar surface area (TPSA) is 55.1 Å². The molecule has 3 N–H and O–H groups in total. The van der Waals surface area contributed by atoms with Crippen molar-refractivity contribution < 1.29 is 9.18 Å². The van der Waals surface area contributed by atoms with Crippen LogP contribution in [-0.2, 0) is 0 Å². The SMILES string of the molecule is Nc1ccccc1C(=O)Nc1c(Cl)cc(F)cc1Br. The Balaban J connectivity index is 2.32. The maximum atomic E-state index is 13.1. The summed E-state index contributed by atoms with van der Waals surface area (Å²) in [4.78, 5) is 12.1. The fourth-order valence-corrected chi connectivity index (χ4v) is 2.45. The first-order valence-corrected chi connectivity index (χ1v) is 6.46. The van der Waals surface area contributed by atoms with Gasteiger partial charge in [0.2, 0.25) is 0 Å². The Bertz CT molecular complexity index is 625. The zero-order chi connectivity index (χ0) is 14.0. The van der Waals surface area contributed by atoms with Crippen molar-refractivity contribution in [2.75, 3.05) is 11.1 Å². The van der Waals surface area contributed by atoms with Crippen LogP contribution in [0.15, 0.2) is 40.9 Å². The van der Waals surface area contributed by atoms with Crippen LogP contribution < -0.4 is 11.1 Å². The molecule has 3 nitrogen and oxygen atoms in total. The predicted molar refractivity (Wildman–Crippen MR) is 77.9 cm³/mol. The first-order valence-electron chi connectivity index (χ1n) is 5.29. The summed E-state index contributed by atoms with van der Waals surface area (Å²) in [6.07, 6.45) is 0. The van der Waals surface area contributed by atoms with Gasteiger partial charge in [-0.25, -0.2) is 4.39 Å². The van der Waals surface area contributed by atoms with Crippen LogP contribution in [0, 0.1) is 5.82 Å². The second-order valence-corrected chi connectivity index (χ2v) is 5.05. The van der Waals surface area contributed by atoms with E-state index in [2.05, 4.69) is 21.2 Å². The predicted octanol–water partition coefficient (Wildman–Crippen LogP) is 4.08. The van der Waals surface area contributed by atoms with E-state index >= 15 is 0 Å². The molecule has 2 rings (SSSR count). The average molecular weight is 344 g/mol. The van der Waals surface area contributed by atoms with Crippen molar-refractivity contribution in [3.8, 4) is 0 Å². The number of amides is 1. The Hall–Kier alpha value is -1.59. The summed E-state index contributed by atoms with van der Waals surface area (Å²) in [5, 5.41) is 2.70. The Labute approximate surface area is 122 Å². The summed E-state index contributed by atoms with van der Waals surface area (Å²) < 4.78 is 13.4. The number of nitrogens with one attached hydrogen (secondary N) is 1. The molecule has 0 aliphatic heterocycles. The number of para-hydroxylation sites is 1. The van der Waals surface area contributed by atoms with E-state index in [9.17, 15) is 9.18 Å². The third-order valence-electron chi connectivity index (χ3n) is 2.45. The summed E-state index contributed by atoms with van der Waals surface area (Å²) in [5.74, 6) is -0.901. The van der Waals surface area contributed by atoms with Gasteiger partial charge in [-0.15, -0.1) is 0 Å². The highest BCUT2D eigenvalue weighted by Crippen LogP contribution is 2.32. The molecule has 0 radical (unpaired) electrons. The summed E-state index contributed by atoms with van der Waals surface area (Å²) in [5.41, 5.74) is 6.70. The molecule has 2 aromatic carbocycles. The highest BCUT2D eigenvalue weighted by atomic mass is 79.9. The van der Waals surface area contributed by atoms with Crippen molar-refractivity contribution >= 4 is 44.8 Å². The fourth-order valence-electron chi connectivity index (χ4n) is 1.55. The molecule has 0 bridgehead atoms. The monoisotopic (exact) mass is 342 g/mol. The number of hydrogen-bond acceptors (Lipinski definition) is 2. The molecule has 98 valence electrons. The summed E-state index contributed by atoms with van der Waals surface area (Å²) >= 11 is 9.04. The lowest BCUT2D eigenvalue weighted by molar-refractivity contribution is 0.102. The van der Waals surface area contributed by atoms with Gasteiger partial charge < -0.3 is 11.1 Å². The number of anilines is 2. The van der Waals surface area contributed by atoms with Crippen molar-refractivity contribution in [2.45, 2.75) is 0 Å². The van der Waals surface area contributed by atoms with E-state index in [0.717, 1.165) is 6.07 Å². The number of nitrogens with two attached hydrogens (primary N) is 1. The third-order valence-corrected chi connectivity index (χ3v) is 3.37. The van der Waals surface area contributed by atoms with Crippen LogP contribution >= 0.6 is 27.5 Å². The van der Waals surface area contributed by atoms with E-state index in [1.165, 1.54) is 6.07 Å². The zero-order valence-corrected chi connectivity index (χ0v) is 11.9. The van der Waals surface area contributed by atoms with E-state index in [1.807, 2.05) is 0 Å². The summed E-state index contributed by atoms with van der Waals surface area (Å²) in [6.45, 7) is 0. The van der Waals surface area contributed by atoms with E-state index < -0.39 is 11.7 Å². The second-order valence-electron chi connectivity index (χ2n) is 3.79. The van der Waals surface area contributed by atoms with Gasteiger partial charge >= 0.3 is 0 Å². The molecule has 0 atom stereocenters. The van der Waals surface area contributed by atoms with Crippen LogP contribution in [0.1, 0.15) is 10.4 Å². The zero-order valence-electron chi connectivity index (χ0n) is 9.58. The van der Waals surface area contributed by atoms with E-state index in [4.69, 9.17) is 17.3 Å². The molecule has 1 amide bonds. The molecule has 6 heteroatoms. The first kappa shape index (κ1) is 13.8. The van der Waals surface area contributed by atoms with Gasteiger partial charge in [-0.2, -0.15) is 0 Å². The first-order chi connectivity index (χ1) is 8.99. The molecule has 0 saturated carbocycles. The second kappa shape index (κ2) is 5.59. The minimum absolute atomic E-state index is 0.106. The lowest BCUT2D eigenvalue weighted by atomic mass is 10.1. The van der Waals surface area contributed by atoms with Gasteiger partial charge in [0.1, 0.15) is 5.82 Å². The Morgan fingerprint density at radius 3 is 2.63 bits per heavy atom. The van der Waals surface area contributed by atoms with Crippen molar-refractivity contribution in [1.29, 1.82) is 0 Å². The Morgan fingerprint density at radius 2 is 2.00 bits per heavy atom. The van der Waals surface area contributed by atoms with E-state index in [1.54, 1.807) is 24.3 Å². The Kier molecular flexibility index (Phi) is 4.07. The van der Waals surface area contributed by atoms with Crippen molar-refractivity contribution in [3.63, 3.8) is 0 Å².